The summed E-state index contributed by atoms with van der Waals surface area (Å²) in [5, 5.41) is 31.0. The van der Waals surface area contributed by atoms with Gasteiger partial charge in [0.05, 0.1) is 18.8 Å². The first-order valence-corrected chi connectivity index (χ1v) is 19.0. The fourth-order valence-corrected chi connectivity index (χ4v) is 14.9. The molecule has 11 heteroatoms. The van der Waals surface area contributed by atoms with Crippen LogP contribution < -0.4 is 0 Å². The topological polar surface area (TPSA) is 146 Å². The number of hydrogen-bond donors (Lipinski definition) is 3. The predicted molar refractivity (Wildman–Crippen MR) is 172 cm³/mol. The number of aliphatic hydroxyl groups is 3. The number of carbonyl (C=O) groups is 1. The maximum atomic E-state index is 12.9. The van der Waals surface area contributed by atoms with Crippen LogP contribution in [0.1, 0.15) is 99.8 Å². The molecular weight excluding hydrogens is 632 g/mol. The second kappa shape index (κ2) is 10.2. The smallest absolute Gasteiger partial charge is 0.302 e. The van der Waals surface area contributed by atoms with Gasteiger partial charge >= 0.3 is 5.97 Å². The molecule has 3 spiro atoms. The van der Waals surface area contributed by atoms with Crippen molar-refractivity contribution >= 4 is 5.97 Å². The Morgan fingerprint density at radius 1 is 0.857 bits per heavy atom. The van der Waals surface area contributed by atoms with Crippen molar-refractivity contribution < 1.29 is 53.3 Å². The van der Waals surface area contributed by atoms with Crippen molar-refractivity contribution in [3.63, 3.8) is 0 Å². The maximum Gasteiger partial charge on any atom is 0.302 e. The first-order chi connectivity index (χ1) is 22.9. The van der Waals surface area contributed by atoms with E-state index in [0.29, 0.717) is 11.8 Å². The molecule has 19 atom stereocenters. The molecule has 0 radical (unpaired) electrons. The number of carbonyl (C=O) groups excluding carboxylic acids is 1. The van der Waals surface area contributed by atoms with E-state index in [1.807, 2.05) is 0 Å². The zero-order valence-electron chi connectivity index (χ0n) is 30.5. The van der Waals surface area contributed by atoms with Crippen molar-refractivity contribution in [2.75, 3.05) is 13.7 Å². The summed E-state index contributed by atoms with van der Waals surface area (Å²) >= 11 is 0. The second-order valence-corrected chi connectivity index (χ2v) is 19.2. The number of fused-ring (bicyclic) bond motifs is 6. The van der Waals surface area contributed by atoms with Crippen molar-refractivity contribution in [3.8, 4) is 0 Å². The summed E-state index contributed by atoms with van der Waals surface area (Å²) in [6.07, 6.45) is 1.91. The fraction of sp³-hybridized carbons (Fsp3) is 0.974. The van der Waals surface area contributed by atoms with Crippen LogP contribution in [0.5, 0.6) is 0 Å². The molecule has 11 nitrogen and oxygen atoms in total. The van der Waals surface area contributed by atoms with Gasteiger partial charge in [-0.2, -0.15) is 0 Å². The maximum absolute atomic E-state index is 12.9. The predicted octanol–water partition coefficient (Wildman–Crippen LogP) is 3.68. The molecule has 4 aliphatic heterocycles. The number of aliphatic hydroxyl groups excluding tert-OH is 3. The lowest BCUT2D eigenvalue weighted by molar-refractivity contribution is -0.349. The molecule has 0 amide bonds. The first kappa shape index (κ1) is 33.9. The third-order valence-electron chi connectivity index (χ3n) is 16.9. The van der Waals surface area contributed by atoms with Crippen molar-refractivity contribution in [3.05, 3.63) is 0 Å². The standard InChI is InChI=1S/C38H58O11/c1-18-13-38(30-35(7,48-30)31(43-8)49-38)47-21-14-33(5)23-10-9-22-32(3,4)24(46-29-28(42)27(41)20(40)16-44-29)11-12-36(22)17-37(23,36)15-25(45-19(2)39)34(33,6)26(18)21/h18,20-31,40-42H,9-17H2,1-8H3/t18-,20-,21+,22+,23+,24+,25-,26+,27+,28-,29+,30-,31?,33+,34-,35+,36-,37+,38-/m1/s1. The monoisotopic (exact) mass is 690 g/mol. The van der Waals surface area contributed by atoms with Crippen molar-refractivity contribution in [2.45, 2.75) is 167 Å². The molecule has 0 bridgehead atoms. The minimum Gasteiger partial charge on any atom is -0.462 e. The molecule has 5 saturated carbocycles. The van der Waals surface area contributed by atoms with E-state index in [0.717, 1.165) is 51.4 Å². The lowest BCUT2D eigenvalue weighted by Gasteiger charge is -2.65. The Kier molecular flexibility index (Phi) is 7.06. The van der Waals surface area contributed by atoms with Gasteiger partial charge in [0.15, 0.2) is 12.6 Å². The number of ether oxygens (including phenoxy) is 7. The molecule has 4 saturated heterocycles. The Labute approximate surface area is 290 Å². The van der Waals surface area contributed by atoms with E-state index in [1.165, 1.54) is 0 Å². The summed E-state index contributed by atoms with van der Waals surface area (Å²) in [5.74, 6) is 0.308. The molecule has 1 unspecified atom stereocenters. The summed E-state index contributed by atoms with van der Waals surface area (Å²) in [4.78, 5) is 12.9. The lowest BCUT2D eigenvalue weighted by Crippen LogP contribution is -2.64. The molecule has 5 aliphatic carbocycles. The number of hydrogen-bond acceptors (Lipinski definition) is 11. The molecule has 9 rings (SSSR count). The highest BCUT2D eigenvalue weighted by Gasteiger charge is 2.87. The molecule has 0 aromatic heterocycles. The molecule has 276 valence electrons. The van der Waals surface area contributed by atoms with Crippen molar-refractivity contribution in [2.24, 2.45) is 50.7 Å². The van der Waals surface area contributed by atoms with Gasteiger partial charge in [0.25, 0.3) is 0 Å². The Hall–Kier alpha value is -0.890. The van der Waals surface area contributed by atoms with Crippen LogP contribution in [-0.2, 0) is 38.0 Å². The normalized spacial score (nSPS) is 62.2. The van der Waals surface area contributed by atoms with E-state index in [1.54, 1.807) is 14.0 Å². The van der Waals surface area contributed by atoms with E-state index in [2.05, 4.69) is 41.5 Å². The van der Waals surface area contributed by atoms with E-state index >= 15 is 0 Å². The summed E-state index contributed by atoms with van der Waals surface area (Å²) in [5.41, 5.74) is -0.894. The molecule has 3 N–H and O–H groups in total. The van der Waals surface area contributed by atoms with E-state index in [4.69, 9.17) is 33.2 Å². The molecule has 9 fully saturated rings. The van der Waals surface area contributed by atoms with Gasteiger partial charge in [-0.3, -0.25) is 4.79 Å². The highest BCUT2D eigenvalue weighted by molar-refractivity contribution is 5.66. The van der Waals surface area contributed by atoms with Gasteiger partial charge in [-0.15, -0.1) is 0 Å². The molecule has 0 aromatic carbocycles. The highest BCUT2D eigenvalue weighted by atomic mass is 16.8. The van der Waals surface area contributed by atoms with Crippen LogP contribution in [-0.4, -0.2) is 102 Å². The largest absolute Gasteiger partial charge is 0.462 e. The average molecular weight is 691 g/mol. The van der Waals surface area contributed by atoms with E-state index < -0.39 is 42.3 Å². The van der Waals surface area contributed by atoms with Crippen LogP contribution >= 0.6 is 0 Å². The third-order valence-corrected chi connectivity index (χ3v) is 16.9. The fourth-order valence-electron chi connectivity index (χ4n) is 14.9. The Balaban J connectivity index is 1.03. The summed E-state index contributed by atoms with van der Waals surface area (Å²) in [6.45, 7) is 15.4. The average Bonchev–Trinajstić information content (AvgIpc) is 3.86. The zero-order valence-corrected chi connectivity index (χ0v) is 30.5. The Morgan fingerprint density at radius 3 is 2.29 bits per heavy atom. The van der Waals surface area contributed by atoms with Gasteiger partial charge in [-0.1, -0.05) is 34.6 Å². The molecule has 4 heterocycles. The zero-order chi connectivity index (χ0) is 34.9. The second-order valence-electron chi connectivity index (χ2n) is 19.2. The summed E-state index contributed by atoms with van der Waals surface area (Å²) < 4.78 is 44.4. The minimum atomic E-state index is -1.30. The number of rotatable bonds is 4. The lowest BCUT2D eigenvalue weighted by atomic mass is 9.41. The van der Waals surface area contributed by atoms with Gasteiger partial charge in [0.1, 0.15) is 36.1 Å². The minimum absolute atomic E-state index is 0.0418. The number of methoxy groups -OCH3 is 1. The van der Waals surface area contributed by atoms with Crippen LogP contribution in [0.3, 0.4) is 0 Å². The van der Waals surface area contributed by atoms with Crippen molar-refractivity contribution in [1.82, 2.24) is 0 Å². The first-order valence-electron chi connectivity index (χ1n) is 19.0. The van der Waals surface area contributed by atoms with Crippen LogP contribution in [0, 0.1) is 50.7 Å². The molecule has 9 aliphatic rings. The molecular formula is C38H58O11. The van der Waals surface area contributed by atoms with E-state index in [9.17, 15) is 20.1 Å². The summed E-state index contributed by atoms with van der Waals surface area (Å²) in [6, 6.07) is 0. The van der Waals surface area contributed by atoms with E-state index in [-0.39, 0.29) is 75.9 Å². The highest BCUT2D eigenvalue weighted by Crippen LogP contribution is 2.89. The van der Waals surface area contributed by atoms with Crippen LogP contribution in [0.25, 0.3) is 0 Å². The van der Waals surface area contributed by atoms with Gasteiger partial charge < -0.3 is 48.5 Å². The summed E-state index contributed by atoms with van der Waals surface area (Å²) in [7, 11) is 1.67. The molecule has 0 aromatic rings. The van der Waals surface area contributed by atoms with Crippen LogP contribution in [0.2, 0.25) is 0 Å². The number of epoxide rings is 1. The Morgan fingerprint density at radius 2 is 1.59 bits per heavy atom. The molecule has 49 heavy (non-hydrogen) atoms. The third kappa shape index (κ3) is 3.98. The number of esters is 1. The van der Waals surface area contributed by atoms with Crippen LogP contribution in [0.4, 0.5) is 0 Å². The Bertz CT molecular complexity index is 1410. The van der Waals surface area contributed by atoms with Gasteiger partial charge in [0.2, 0.25) is 5.79 Å². The van der Waals surface area contributed by atoms with Crippen LogP contribution in [0.15, 0.2) is 0 Å². The van der Waals surface area contributed by atoms with Gasteiger partial charge in [0, 0.05) is 25.9 Å². The quantitative estimate of drug-likeness (QED) is 0.226. The van der Waals surface area contributed by atoms with Crippen molar-refractivity contribution in [1.29, 1.82) is 0 Å². The van der Waals surface area contributed by atoms with Gasteiger partial charge in [-0.25, -0.2) is 0 Å². The van der Waals surface area contributed by atoms with Gasteiger partial charge in [-0.05, 0) is 97.2 Å². The SMILES string of the molecule is COC1O[C@]2(C[C@@H](C)[C@H]3[C@H](C[C@@]4(C)[C@@H]5CC[C@H]6C(C)(C)[C@@H](O[C@@H]7OC[C@@H](O)[C@H](O)[C@H]7O)CC[C@@]67C[C@@]57C[C@@H](OC(C)=O)[C@]34C)O2)[C@@H]2O[C@]12C.